The van der Waals surface area contributed by atoms with E-state index >= 15 is 0 Å². The molecule has 1 aliphatic carbocycles. The van der Waals surface area contributed by atoms with Gasteiger partial charge in [0.25, 0.3) is 0 Å². The lowest BCUT2D eigenvalue weighted by Gasteiger charge is -2.14. The number of hydrogen-bond acceptors (Lipinski definition) is 2. The Morgan fingerprint density at radius 1 is 1.27 bits per heavy atom. The summed E-state index contributed by atoms with van der Waals surface area (Å²) in [7, 11) is 3.37. The maximum absolute atomic E-state index is 5.38. The first-order valence-corrected chi connectivity index (χ1v) is 6.04. The van der Waals surface area contributed by atoms with Crippen LogP contribution in [0.1, 0.15) is 23.2 Å². The largest absolute Gasteiger partial charge is 0.497 e. The number of ether oxygens (including phenoxy) is 2. The van der Waals surface area contributed by atoms with Crippen LogP contribution in [0.2, 0.25) is 0 Å². The minimum Gasteiger partial charge on any atom is -0.497 e. The van der Waals surface area contributed by atoms with Gasteiger partial charge < -0.3 is 9.47 Å². The van der Waals surface area contributed by atoms with E-state index in [2.05, 4.69) is 22.0 Å². The van der Waals surface area contributed by atoms with Crippen molar-refractivity contribution < 1.29 is 9.47 Å². The zero-order chi connectivity index (χ0) is 10.8. The lowest BCUT2D eigenvalue weighted by molar-refractivity contribution is 0.390. The van der Waals surface area contributed by atoms with Crippen LogP contribution in [0.5, 0.6) is 11.5 Å². The Morgan fingerprint density at radius 2 is 2.00 bits per heavy atom. The van der Waals surface area contributed by atoms with Crippen LogP contribution in [0, 0.1) is 5.92 Å². The number of hydrogen-bond donors (Lipinski definition) is 0. The Labute approximate surface area is 98.7 Å². The minimum atomic E-state index is 0.415. The molecule has 0 aliphatic heterocycles. The number of halogens is 1. The average molecular weight is 271 g/mol. The van der Waals surface area contributed by atoms with Crippen molar-refractivity contribution in [1.29, 1.82) is 0 Å². The molecule has 0 spiro atoms. The second-order valence-corrected chi connectivity index (χ2v) is 4.83. The smallest absolute Gasteiger partial charge is 0.126 e. The molecule has 2 rings (SSSR count). The third-order valence-electron chi connectivity index (χ3n) is 2.77. The van der Waals surface area contributed by atoms with Gasteiger partial charge in [-0.2, -0.15) is 0 Å². The predicted octanol–water partition coefficient (Wildman–Crippen LogP) is 3.55. The van der Waals surface area contributed by atoms with E-state index in [-0.39, 0.29) is 0 Å². The molecule has 0 N–H and O–H groups in total. The second kappa shape index (κ2) is 4.44. The monoisotopic (exact) mass is 270 g/mol. The van der Waals surface area contributed by atoms with E-state index in [1.54, 1.807) is 14.2 Å². The quantitative estimate of drug-likeness (QED) is 0.780. The molecule has 0 saturated heterocycles. The van der Waals surface area contributed by atoms with Gasteiger partial charge in [-0.05, 0) is 24.8 Å². The molecule has 0 bridgehead atoms. The van der Waals surface area contributed by atoms with E-state index in [0.29, 0.717) is 4.83 Å². The number of alkyl halides is 1. The third kappa shape index (κ3) is 2.28. The molecule has 3 heteroatoms. The summed E-state index contributed by atoms with van der Waals surface area (Å²) in [5.41, 5.74) is 1.22. The van der Waals surface area contributed by atoms with Crippen molar-refractivity contribution in [2.45, 2.75) is 17.7 Å². The highest BCUT2D eigenvalue weighted by Crippen LogP contribution is 2.49. The normalized spacial score (nSPS) is 17.3. The summed E-state index contributed by atoms with van der Waals surface area (Å²) in [6, 6.07) is 6.00. The van der Waals surface area contributed by atoms with E-state index in [1.165, 1.54) is 18.4 Å². The first-order valence-electron chi connectivity index (χ1n) is 5.12. The summed E-state index contributed by atoms with van der Waals surface area (Å²) in [4.78, 5) is 0.415. The zero-order valence-electron chi connectivity index (χ0n) is 9.00. The van der Waals surface area contributed by atoms with Crippen LogP contribution >= 0.6 is 15.9 Å². The number of benzene rings is 1. The van der Waals surface area contributed by atoms with Crippen molar-refractivity contribution in [3.63, 3.8) is 0 Å². The first kappa shape index (κ1) is 10.8. The van der Waals surface area contributed by atoms with Crippen LogP contribution in [-0.2, 0) is 0 Å². The minimum absolute atomic E-state index is 0.415. The fourth-order valence-corrected chi connectivity index (χ4v) is 2.60. The van der Waals surface area contributed by atoms with Crippen molar-refractivity contribution in [2.24, 2.45) is 5.92 Å². The summed E-state index contributed by atoms with van der Waals surface area (Å²) in [5.74, 6) is 2.52. The van der Waals surface area contributed by atoms with Crippen molar-refractivity contribution in [1.82, 2.24) is 0 Å². The molecule has 0 aromatic heterocycles. The van der Waals surface area contributed by atoms with Gasteiger partial charge >= 0.3 is 0 Å². The summed E-state index contributed by atoms with van der Waals surface area (Å²) in [5, 5.41) is 0. The maximum atomic E-state index is 5.38. The van der Waals surface area contributed by atoms with Crippen LogP contribution in [0.15, 0.2) is 18.2 Å². The molecule has 1 saturated carbocycles. The average Bonchev–Trinajstić information content (AvgIpc) is 3.11. The van der Waals surface area contributed by atoms with E-state index < -0.39 is 0 Å². The lowest BCUT2D eigenvalue weighted by Crippen LogP contribution is -1.97. The molecule has 1 unspecified atom stereocenters. The molecule has 15 heavy (non-hydrogen) atoms. The predicted molar refractivity (Wildman–Crippen MR) is 63.9 cm³/mol. The molecule has 82 valence electrons. The Hall–Kier alpha value is -0.700. The molecule has 0 amide bonds. The molecular weight excluding hydrogens is 256 g/mol. The van der Waals surface area contributed by atoms with E-state index in [0.717, 1.165) is 17.4 Å². The molecule has 1 aromatic carbocycles. The molecule has 1 fully saturated rings. The fraction of sp³-hybridized carbons (Fsp3) is 0.500. The lowest BCUT2D eigenvalue weighted by atomic mass is 10.1. The highest BCUT2D eigenvalue weighted by molar-refractivity contribution is 9.09. The highest BCUT2D eigenvalue weighted by atomic mass is 79.9. The Balaban J connectivity index is 2.28. The van der Waals surface area contributed by atoms with Gasteiger partial charge in [0.2, 0.25) is 0 Å². The van der Waals surface area contributed by atoms with Gasteiger partial charge in [-0.3, -0.25) is 0 Å². The Kier molecular flexibility index (Phi) is 3.19. The van der Waals surface area contributed by atoms with E-state index in [4.69, 9.17) is 9.47 Å². The SMILES string of the molecule is COc1ccc(C(Br)C2CC2)c(OC)c1. The van der Waals surface area contributed by atoms with Gasteiger partial charge in [0.1, 0.15) is 11.5 Å². The van der Waals surface area contributed by atoms with Crippen LogP contribution in [0.4, 0.5) is 0 Å². The molecule has 1 aliphatic rings. The van der Waals surface area contributed by atoms with Gasteiger partial charge in [0.15, 0.2) is 0 Å². The molecule has 2 nitrogen and oxygen atoms in total. The second-order valence-electron chi connectivity index (χ2n) is 3.85. The molecule has 0 heterocycles. The standard InChI is InChI=1S/C12H15BrO2/c1-14-9-5-6-10(11(7-9)15-2)12(13)8-3-4-8/h5-8,12H,3-4H2,1-2H3. The number of methoxy groups -OCH3 is 2. The molecule has 1 atom stereocenters. The van der Waals surface area contributed by atoms with Gasteiger partial charge in [-0.15, -0.1) is 0 Å². The first-order chi connectivity index (χ1) is 7.26. The van der Waals surface area contributed by atoms with Crippen LogP contribution in [0.25, 0.3) is 0 Å². The van der Waals surface area contributed by atoms with Gasteiger partial charge in [0.05, 0.1) is 14.2 Å². The zero-order valence-corrected chi connectivity index (χ0v) is 10.6. The van der Waals surface area contributed by atoms with E-state index in [9.17, 15) is 0 Å². The molecular formula is C12H15BrO2. The Bertz CT molecular complexity index is 347. The van der Waals surface area contributed by atoms with Crippen LogP contribution in [0.3, 0.4) is 0 Å². The summed E-state index contributed by atoms with van der Waals surface area (Å²) < 4.78 is 10.5. The summed E-state index contributed by atoms with van der Waals surface area (Å²) >= 11 is 3.73. The highest BCUT2D eigenvalue weighted by Gasteiger charge is 2.32. The molecule has 0 radical (unpaired) electrons. The Morgan fingerprint density at radius 3 is 2.53 bits per heavy atom. The van der Waals surface area contributed by atoms with Crippen LogP contribution in [-0.4, -0.2) is 14.2 Å². The molecule has 1 aromatic rings. The van der Waals surface area contributed by atoms with Crippen molar-refractivity contribution in [3.8, 4) is 11.5 Å². The van der Waals surface area contributed by atoms with Gasteiger partial charge in [0, 0.05) is 16.5 Å². The van der Waals surface area contributed by atoms with Crippen molar-refractivity contribution in [3.05, 3.63) is 23.8 Å². The van der Waals surface area contributed by atoms with Gasteiger partial charge in [-0.25, -0.2) is 0 Å². The topological polar surface area (TPSA) is 18.5 Å². The van der Waals surface area contributed by atoms with E-state index in [1.807, 2.05) is 12.1 Å². The van der Waals surface area contributed by atoms with Crippen molar-refractivity contribution >= 4 is 15.9 Å². The summed E-state index contributed by atoms with van der Waals surface area (Å²) in [6.45, 7) is 0. The summed E-state index contributed by atoms with van der Waals surface area (Å²) in [6.07, 6.45) is 2.62. The number of rotatable bonds is 4. The fourth-order valence-electron chi connectivity index (χ4n) is 1.69. The third-order valence-corrected chi connectivity index (χ3v) is 4.01. The van der Waals surface area contributed by atoms with Gasteiger partial charge in [-0.1, -0.05) is 22.0 Å². The van der Waals surface area contributed by atoms with Crippen LogP contribution < -0.4 is 9.47 Å². The van der Waals surface area contributed by atoms with Crippen molar-refractivity contribution in [2.75, 3.05) is 14.2 Å². The maximum Gasteiger partial charge on any atom is 0.126 e.